The van der Waals surface area contributed by atoms with E-state index in [-0.39, 0.29) is 0 Å². The van der Waals surface area contributed by atoms with Crippen molar-refractivity contribution in [1.82, 2.24) is 10.2 Å². The predicted molar refractivity (Wildman–Crippen MR) is 66.2 cm³/mol. The van der Waals surface area contributed by atoms with E-state index < -0.39 is 0 Å². The Kier molecular flexibility index (Phi) is 3.25. The first-order valence-electron chi connectivity index (χ1n) is 5.59. The number of anilines is 1. The minimum atomic E-state index is 0.826. The molecule has 3 nitrogen and oxygen atoms in total. The molecule has 0 aliphatic carbocycles. The molecule has 84 valence electrons. The van der Waals surface area contributed by atoms with Crippen LogP contribution in [-0.2, 0) is 12.8 Å². The Bertz CT molecular complexity index is 442. The van der Waals surface area contributed by atoms with Crippen molar-refractivity contribution >= 4 is 5.69 Å². The number of aromatic amines is 1. The summed E-state index contributed by atoms with van der Waals surface area (Å²) < 4.78 is 0. The van der Waals surface area contributed by atoms with Crippen LogP contribution in [0.3, 0.4) is 0 Å². The molecule has 0 saturated carbocycles. The van der Waals surface area contributed by atoms with Crippen LogP contribution in [0, 0.1) is 6.92 Å². The number of aryl methyl sites for hydroxylation is 3. The van der Waals surface area contributed by atoms with Crippen LogP contribution >= 0.6 is 0 Å². The van der Waals surface area contributed by atoms with Crippen LogP contribution in [0.4, 0.5) is 5.69 Å². The molecule has 1 aromatic carbocycles. The van der Waals surface area contributed by atoms with Gasteiger partial charge in [0.15, 0.2) is 0 Å². The van der Waals surface area contributed by atoms with Gasteiger partial charge in [-0.15, -0.1) is 0 Å². The summed E-state index contributed by atoms with van der Waals surface area (Å²) in [6.45, 7) is 2.02. The van der Waals surface area contributed by atoms with E-state index in [1.54, 1.807) is 0 Å². The van der Waals surface area contributed by atoms with E-state index in [1.165, 1.54) is 5.56 Å². The molecular weight excluding hydrogens is 198 g/mol. The summed E-state index contributed by atoms with van der Waals surface area (Å²) in [5, 5.41) is 7.17. The number of nitrogens with zero attached hydrogens (tertiary/aromatic N) is 1. The van der Waals surface area contributed by atoms with Crippen LogP contribution in [0.25, 0.3) is 0 Å². The first-order chi connectivity index (χ1) is 7.74. The third kappa shape index (κ3) is 2.86. The number of nitrogens with one attached hydrogen (secondary N) is 1. The van der Waals surface area contributed by atoms with Gasteiger partial charge < -0.3 is 5.73 Å². The fourth-order valence-corrected chi connectivity index (χ4v) is 1.76. The molecule has 16 heavy (non-hydrogen) atoms. The third-order valence-corrected chi connectivity index (χ3v) is 2.64. The number of benzene rings is 1. The van der Waals surface area contributed by atoms with Crippen LogP contribution in [0.15, 0.2) is 30.3 Å². The van der Waals surface area contributed by atoms with Crippen molar-refractivity contribution in [3.05, 3.63) is 47.3 Å². The number of nitrogens with two attached hydrogens (primary N) is 1. The molecule has 0 bridgehead atoms. The van der Waals surface area contributed by atoms with Gasteiger partial charge in [-0.3, -0.25) is 5.10 Å². The van der Waals surface area contributed by atoms with Gasteiger partial charge in [-0.25, -0.2) is 0 Å². The van der Waals surface area contributed by atoms with Crippen molar-refractivity contribution in [2.24, 2.45) is 0 Å². The molecule has 1 aromatic heterocycles. The highest BCUT2D eigenvalue weighted by Crippen LogP contribution is 2.09. The second-order valence-electron chi connectivity index (χ2n) is 4.14. The molecule has 0 aliphatic rings. The molecule has 0 unspecified atom stereocenters. The summed E-state index contributed by atoms with van der Waals surface area (Å²) in [6, 6.07) is 10.2. The lowest BCUT2D eigenvalue weighted by Crippen LogP contribution is -1.91. The molecule has 3 N–H and O–H groups in total. The molecular formula is C13H17N3. The zero-order valence-electron chi connectivity index (χ0n) is 9.53. The molecule has 0 amide bonds. The van der Waals surface area contributed by atoms with Crippen LogP contribution in [-0.4, -0.2) is 10.2 Å². The lowest BCUT2D eigenvalue weighted by molar-refractivity contribution is 0.792. The van der Waals surface area contributed by atoms with E-state index in [2.05, 4.69) is 28.4 Å². The number of nitrogen functional groups attached to an aromatic ring is 1. The van der Waals surface area contributed by atoms with Gasteiger partial charge >= 0.3 is 0 Å². The molecule has 2 rings (SSSR count). The van der Waals surface area contributed by atoms with Gasteiger partial charge in [-0.05, 0) is 49.9 Å². The van der Waals surface area contributed by atoms with Gasteiger partial charge in [0.1, 0.15) is 0 Å². The lowest BCUT2D eigenvalue weighted by Gasteiger charge is -2.00. The Morgan fingerprint density at radius 1 is 1.19 bits per heavy atom. The number of hydrogen-bond acceptors (Lipinski definition) is 2. The predicted octanol–water partition coefficient (Wildman–Crippen LogP) is 2.48. The molecule has 2 aromatic rings. The second-order valence-corrected chi connectivity index (χ2v) is 4.14. The maximum absolute atomic E-state index is 5.64. The maximum Gasteiger partial charge on any atom is 0.0625 e. The van der Waals surface area contributed by atoms with Crippen LogP contribution < -0.4 is 5.73 Å². The summed E-state index contributed by atoms with van der Waals surface area (Å²) in [6.07, 6.45) is 3.22. The largest absolute Gasteiger partial charge is 0.399 e. The van der Waals surface area contributed by atoms with Gasteiger partial charge in [0.25, 0.3) is 0 Å². The first-order valence-corrected chi connectivity index (χ1v) is 5.59. The van der Waals surface area contributed by atoms with E-state index in [9.17, 15) is 0 Å². The highest BCUT2D eigenvalue weighted by molar-refractivity contribution is 5.39. The molecule has 0 aliphatic heterocycles. The minimum absolute atomic E-state index is 0.826. The Hall–Kier alpha value is -1.77. The van der Waals surface area contributed by atoms with E-state index in [1.807, 2.05) is 19.1 Å². The topological polar surface area (TPSA) is 54.7 Å². The average Bonchev–Trinajstić information content (AvgIpc) is 2.67. The summed E-state index contributed by atoms with van der Waals surface area (Å²) in [5.74, 6) is 0. The summed E-state index contributed by atoms with van der Waals surface area (Å²) in [4.78, 5) is 0. The monoisotopic (exact) mass is 215 g/mol. The van der Waals surface area contributed by atoms with Crippen molar-refractivity contribution < 1.29 is 0 Å². The molecule has 0 radical (unpaired) electrons. The molecule has 0 saturated heterocycles. The summed E-state index contributed by atoms with van der Waals surface area (Å²) in [5.41, 5.74) is 10.1. The lowest BCUT2D eigenvalue weighted by atomic mass is 10.1. The number of H-pyrrole nitrogens is 1. The molecule has 0 atom stereocenters. The first kappa shape index (κ1) is 10.7. The van der Waals surface area contributed by atoms with Crippen molar-refractivity contribution in [2.45, 2.75) is 26.2 Å². The van der Waals surface area contributed by atoms with E-state index in [4.69, 9.17) is 5.73 Å². The number of aromatic nitrogens is 2. The smallest absolute Gasteiger partial charge is 0.0625 e. The van der Waals surface area contributed by atoms with Gasteiger partial charge in [-0.2, -0.15) is 5.10 Å². The van der Waals surface area contributed by atoms with Crippen LogP contribution in [0.2, 0.25) is 0 Å². The third-order valence-electron chi connectivity index (χ3n) is 2.64. The van der Waals surface area contributed by atoms with Gasteiger partial charge in [-0.1, -0.05) is 12.1 Å². The summed E-state index contributed by atoms with van der Waals surface area (Å²) in [7, 11) is 0. The van der Waals surface area contributed by atoms with Gasteiger partial charge in [0, 0.05) is 11.4 Å². The molecule has 1 heterocycles. The Balaban J connectivity index is 1.82. The highest BCUT2D eigenvalue weighted by Gasteiger charge is 1.98. The van der Waals surface area contributed by atoms with Gasteiger partial charge in [0.2, 0.25) is 0 Å². The SMILES string of the molecule is Cc1cc(CCCc2ccc(N)cc2)n[nH]1. The van der Waals surface area contributed by atoms with E-state index >= 15 is 0 Å². The van der Waals surface area contributed by atoms with Crippen molar-refractivity contribution in [1.29, 1.82) is 0 Å². The fraction of sp³-hybridized carbons (Fsp3) is 0.308. The average molecular weight is 215 g/mol. The Labute approximate surface area is 95.7 Å². The Morgan fingerprint density at radius 2 is 1.94 bits per heavy atom. The quantitative estimate of drug-likeness (QED) is 0.770. The van der Waals surface area contributed by atoms with Crippen molar-refractivity contribution in [3.63, 3.8) is 0 Å². The van der Waals surface area contributed by atoms with Crippen molar-refractivity contribution in [2.75, 3.05) is 5.73 Å². The molecule has 0 spiro atoms. The zero-order chi connectivity index (χ0) is 11.4. The van der Waals surface area contributed by atoms with Crippen LogP contribution in [0.1, 0.15) is 23.4 Å². The fourth-order valence-electron chi connectivity index (χ4n) is 1.76. The van der Waals surface area contributed by atoms with Crippen molar-refractivity contribution in [3.8, 4) is 0 Å². The maximum atomic E-state index is 5.64. The van der Waals surface area contributed by atoms with Gasteiger partial charge in [0.05, 0.1) is 5.69 Å². The summed E-state index contributed by atoms with van der Waals surface area (Å²) >= 11 is 0. The Morgan fingerprint density at radius 3 is 2.56 bits per heavy atom. The normalized spacial score (nSPS) is 10.6. The standard InChI is InChI=1S/C13H17N3/c1-10-9-13(16-15-10)4-2-3-11-5-7-12(14)8-6-11/h5-9H,2-4,14H2,1H3,(H,15,16). The van der Waals surface area contributed by atoms with E-state index in [0.717, 1.165) is 36.3 Å². The zero-order valence-corrected chi connectivity index (χ0v) is 9.53. The molecule has 0 fully saturated rings. The van der Waals surface area contributed by atoms with E-state index in [0.29, 0.717) is 0 Å². The second kappa shape index (κ2) is 4.84. The number of hydrogen-bond donors (Lipinski definition) is 2. The highest BCUT2D eigenvalue weighted by atomic mass is 15.1. The van der Waals surface area contributed by atoms with Crippen LogP contribution in [0.5, 0.6) is 0 Å². The minimum Gasteiger partial charge on any atom is -0.399 e. The number of rotatable bonds is 4. The molecule has 3 heteroatoms.